The minimum Gasteiger partial charge on any atom is -0.481 e. The van der Waals surface area contributed by atoms with Gasteiger partial charge >= 0.3 is 5.97 Å². The van der Waals surface area contributed by atoms with Crippen molar-refractivity contribution in [1.82, 2.24) is 14.7 Å². The normalized spacial score (nSPS) is 16.1. The number of benzene rings is 1. The van der Waals surface area contributed by atoms with Crippen LogP contribution < -0.4 is 4.74 Å². The molecule has 1 aromatic carbocycles. The van der Waals surface area contributed by atoms with Crippen molar-refractivity contribution >= 4 is 11.9 Å². The van der Waals surface area contributed by atoms with E-state index in [1.54, 1.807) is 17.8 Å². The number of carboxylic acid groups (broad SMARTS) is 1. The summed E-state index contributed by atoms with van der Waals surface area (Å²) in [7, 11) is 0. The molecule has 29 heavy (non-hydrogen) atoms. The second-order valence-corrected chi connectivity index (χ2v) is 8.00. The van der Waals surface area contributed by atoms with Gasteiger partial charge < -0.3 is 14.7 Å². The number of carbonyl (C=O) groups excluding carboxylic acids is 1. The fourth-order valence-electron chi connectivity index (χ4n) is 3.88. The van der Waals surface area contributed by atoms with Gasteiger partial charge in [0.1, 0.15) is 5.75 Å². The minimum absolute atomic E-state index is 0.0271. The Kier molecular flexibility index (Phi) is 6.25. The molecule has 0 bridgehead atoms. The molecule has 0 radical (unpaired) electrons. The van der Waals surface area contributed by atoms with Crippen LogP contribution in [0.25, 0.3) is 0 Å². The number of aromatic carboxylic acids is 1. The van der Waals surface area contributed by atoms with Crippen LogP contribution in [-0.2, 0) is 4.79 Å². The Bertz CT molecular complexity index is 882. The summed E-state index contributed by atoms with van der Waals surface area (Å²) in [4.78, 5) is 25.6. The number of hydrogen-bond donors (Lipinski definition) is 1. The molecule has 0 saturated carbocycles. The number of aryl methyl sites for hydroxylation is 1. The van der Waals surface area contributed by atoms with E-state index in [0.717, 1.165) is 18.4 Å². The van der Waals surface area contributed by atoms with Crippen LogP contribution >= 0.6 is 0 Å². The summed E-state index contributed by atoms with van der Waals surface area (Å²) < 4.78 is 7.61. The van der Waals surface area contributed by atoms with Gasteiger partial charge in [0.05, 0.1) is 17.8 Å². The lowest BCUT2D eigenvalue weighted by atomic mass is 9.98. The van der Waals surface area contributed by atoms with E-state index in [2.05, 4.69) is 31.9 Å². The molecular formula is C22H29N3O4. The zero-order valence-corrected chi connectivity index (χ0v) is 17.5. The lowest BCUT2D eigenvalue weighted by Crippen LogP contribution is -2.45. The van der Waals surface area contributed by atoms with E-state index < -0.39 is 12.1 Å². The zero-order chi connectivity index (χ0) is 21.1. The molecule has 2 heterocycles. The molecule has 1 fully saturated rings. The number of nitrogens with zero attached hydrogens (tertiary/aromatic N) is 3. The molecule has 1 aromatic heterocycles. The van der Waals surface area contributed by atoms with Crippen LogP contribution in [0.5, 0.6) is 5.75 Å². The van der Waals surface area contributed by atoms with Crippen LogP contribution in [0.2, 0.25) is 0 Å². The van der Waals surface area contributed by atoms with Crippen molar-refractivity contribution in [2.45, 2.75) is 58.6 Å². The molecule has 2 aromatic rings. The van der Waals surface area contributed by atoms with Gasteiger partial charge in [0.15, 0.2) is 6.10 Å². The summed E-state index contributed by atoms with van der Waals surface area (Å²) in [6.45, 7) is 9.36. The van der Waals surface area contributed by atoms with Gasteiger partial charge in [-0.05, 0) is 55.9 Å². The quantitative estimate of drug-likeness (QED) is 0.802. The molecule has 0 aliphatic carbocycles. The van der Waals surface area contributed by atoms with E-state index in [-0.39, 0.29) is 17.5 Å². The topological polar surface area (TPSA) is 84.7 Å². The van der Waals surface area contributed by atoms with E-state index in [0.29, 0.717) is 24.8 Å². The third kappa shape index (κ3) is 4.78. The first-order valence-corrected chi connectivity index (χ1v) is 10.1. The molecule has 3 rings (SSSR count). The third-order valence-electron chi connectivity index (χ3n) is 5.52. The molecular weight excluding hydrogens is 370 g/mol. The van der Waals surface area contributed by atoms with Crippen LogP contribution in [-0.4, -0.2) is 50.9 Å². The number of aromatic nitrogens is 2. The lowest BCUT2D eigenvalue weighted by Gasteiger charge is -2.33. The van der Waals surface area contributed by atoms with E-state index in [1.165, 1.54) is 11.8 Å². The highest BCUT2D eigenvalue weighted by Gasteiger charge is 2.28. The fourth-order valence-corrected chi connectivity index (χ4v) is 3.88. The predicted molar refractivity (Wildman–Crippen MR) is 109 cm³/mol. The SMILES string of the molecule is Cc1cc(OC(C)C(=O)N2CCC(n3cc(C(=O)O)cn3)CC2)ccc1C(C)C. The van der Waals surface area contributed by atoms with Gasteiger partial charge in [-0.1, -0.05) is 19.9 Å². The van der Waals surface area contributed by atoms with Crippen molar-refractivity contribution in [3.8, 4) is 5.75 Å². The molecule has 1 amide bonds. The summed E-state index contributed by atoms with van der Waals surface area (Å²) in [5.74, 6) is 0.151. The number of ether oxygens (including phenoxy) is 1. The number of carboxylic acids is 1. The number of hydrogen-bond acceptors (Lipinski definition) is 4. The standard InChI is InChI=1S/C22H29N3O4/c1-14(2)20-6-5-19(11-15(20)3)29-16(4)21(26)24-9-7-18(8-10-24)25-13-17(12-23-25)22(27)28/h5-6,11-14,16,18H,7-10H2,1-4H3,(H,27,28). The fraction of sp³-hybridized carbons (Fsp3) is 0.500. The van der Waals surface area contributed by atoms with Crippen molar-refractivity contribution in [2.75, 3.05) is 13.1 Å². The van der Waals surface area contributed by atoms with E-state index in [1.807, 2.05) is 17.0 Å². The highest BCUT2D eigenvalue weighted by molar-refractivity contribution is 5.86. The maximum Gasteiger partial charge on any atom is 0.338 e. The molecule has 0 spiro atoms. The number of carbonyl (C=O) groups is 2. The highest BCUT2D eigenvalue weighted by atomic mass is 16.5. The first-order chi connectivity index (χ1) is 13.8. The van der Waals surface area contributed by atoms with Crippen molar-refractivity contribution < 1.29 is 19.4 Å². The molecule has 1 unspecified atom stereocenters. The van der Waals surface area contributed by atoms with Gasteiger partial charge in [0.25, 0.3) is 5.91 Å². The summed E-state index contributed by atoms with van der Waals surface area (Å²) in [5.41, 5.74) is 2.63. The summed E-state index contributed by atoms with van der Waals surface area (Å²) in [6, 6.07) is 6.08. The van der Waals surface area contributed by atoms with Gasteiger partial charge in [0, 0.05) is 19.3 Å². The number of piperidine rings is 1. The van der Waals surface area contributed by atoms with Crippen molar-refractivity contribution in [2.24, 2.45) is 0 Å². The molecule has 7 heteroatoms. The number of amides is 1. The third-order valence-corrected chi connectivity index (χ3v) is 5.52. The highest BCUT2D eigenvalue weighted by Crippen LogP contribution is 2.26. The van der Waals surface area contributed by atoms with Crippen molar-refractivity contribution in [3.05, 3.63) is 47.3 Å². The molecule has 1 aliphatic heterocycles. The maximum absolute atomic E-state index is 12.8. The Morgan fingerprint density at radius 3 is 2.45 bits per heavy atom. The molecule has 156 valence electrons. The van der Waals surface area contributed by atoms with Gasteiger partial charge in [-0.3, -0.25) is 9.48 Å². The van der Waals surface area contributed by atoms with Gasteiger partial charge in [0.2, 0.25) is 0 Å². The van der Waals surface area contributed by atoms with Crippen molar-refractivity contribution in [3.63, 3.8) is 0 Å². The lowest BCUT2D eigenvalue weighted by molar-refractivity contribution is -0.139. The molecule has 1 N–H and O–H groups in total. The van der Waals surface area contributed by atoms with Crippen LogP contribution in [0.3, 0.4) is 0 Å². The second kappa shape index (κ2) is 8.68. The first-order valence-electron chi connectivity index (χ1n) is 10.1. The molecule has 1 saturated heterocycles. The van der Waals surface area contributed by atoms with Crippen molar-refractivity contribution in [1.29, 1.82) is 0 Å². The smallest absolute Gasteiger partial charge is 0.338 e. The molecule has 1 aliphatic rings. The van der Waals surface area contributed by atoms with E-state index in [9.17, 15) is 9.59 Å². The Hall–Kier alpha value is -2.83. The number of likely N-dealkylation sites (tertiary alicyclic amines) is 1. The van der Waals surface area contributed by atoms with Crippen LogP contribution in [0.15, 0.2) is 30.6 Å². The van der Waals surface area contributed by atoms with E-state index in [4.69, 9.17) is 9.84 Å². The average molecular weight is 399 g/mol. The second-order valence-electron chi connectivity index (χ2n) is 8.00. The Morgan fingerprint density at radius 2 is 1.90 bits per heavy atom. The summed E-state index contributed by atoms with van der Waals surface area (Å²) in [5, 5.41) is 13.2. The van der Waals surface area contributed by atoms with Gasteiger partial charge in [-0.2, -0.15) is 5.10 Å². The maximum atomic E-state index is 12.8. The van der Waals surface area contributed by atoms with Gasteiger partial charge in [-0.15, -0.1) is 0 Å². The molecule has 7 nitrogen and oxygen atoms in total. The Labute approximate surface area is 171 Å². The van der Waals surface area contributed by atoms with Crippen LogP contribution in [0.4, 0.5) is 0 Å². The summed E-state index contributed by atoms with van der Waals surface area (Å²) in [6.07, 6.45) is 3.84. The van der Waals surface area contributed by atoms with Crippen LogP contribution in [0, 0.1) is 6.92 Å². The largest absolute Gasteiger partial charge is 0.481 e. The zero-order valence-electron chi connectivity index (χ0n) is 17.5. The summed E-state index contributed by atoms with van der Waals surface area (Å²) >= 11 is 0. The predicted octanol–water partition coefficient (Wildman–Crippen LogP) is 3.64. The average Bonchev–Trinajstić information content (AvgIpc) is 3.18. The minimum atomic E-state index is -0.980. The van der Waals surface area contributed by atoms with Gasteiger partial charge in [-0.25, -0.2) is 4.79 Å². The molecule has 1 atom stereocenters. The Balaban J connectivity index is 1.55. The van der Waals surface area contributed by atoms with Crippen LogP contribution in [0.1, 0.15) is 67.1 Å². The monoisotopic (exact) mass is 399 g/mol. The van der Waals surface area contributed by atoms with E-state index >= 15 is 0 Å². The first kappa shape index (κ1) is 20.9. The number of rotatable bonds is 6. The Morgan fingerprint density at radius 1 is 1.21 bits per heavy atom.